The van der Waals surface area contributed by atoms with Gasteiger partial charge in [-0.3, -0.25) is 4.79 Å². The van der Waals surface area contributed by atoms with Crippen molar-refractivity contribution in [3.63, 3.8) is 0 Å². The third-order valence-corrected chi connectivity index (χ3v) is 3.09. The summed E-state index contributed by atoms with van der Waals surface area (Å²) in [6.07, 6.45) is -4.58. The van der Waals surface area contributed by atoms with Crippen LogP contribution in [-0.4, -0.2) is 24.4 Å². The van der Waals surface area contributed by atoms with Gasteiger partial charge < -0.3 is 10.1 Å². The second-order valence-corrected chi connectivity index (χ2v) is 4.62. The number of carbonyl (C=O) groups excluding carboxylic acids is 1. The van der Waals surface area contributed by atoms with E-state index in [1.54, 1.807) is 0 Å². The number of rotatable bonds is 2. The molecule has 1 amide bonds. The first-order chi connectivity index (χ1) is 9.31. The highest BCUT2D eigenvalue weighted by atomic mass is 35.5. The van der Waals surface area contributed by atoms with Gasteiger partial charge in [-0.05, 0) is 24.1 Å². The number of amides is 1. The number of hydrogen-bond acceptors (Lipinski definition) is 2. The molecule has 0 saturated carbocycles. The summed E-state index contributed by atoms with van der Waals surface area (Å²) in [5.74, 6) is -2.03. The lowest BCUT2D eigenvalue weighted by atomic mass is 10.00. The molecule has 1 heterocycles. The van der Waals surface area contributed by atoms with Crippen LogP contribution in [0.3, 0.4) is 0 Å². The van der Waals surface area contributed by atoms with E-state index in [0.717, 1.165) is 6.07 Å². The Morgan fingerprint density at radius 1 is 1.45 bits per heavy atom. The van der Waals surface area contributed by atoms with Gasteiger partial charge in [-0.25, -0.2) is 4.39 Å². The Balaban J connectivity index is 2.22. The summed E-state index contributed by atoms with van der Waals surface area (Å²) in [6, 6.07) is 0.992. The highest BCUT2D eigenvalue weighted by Gasteiger charge is 2.36. The monoisotopic (exact) mass is 311 g/mol. The molecule has 1 aromatic rings. The smallest absolute Gasteiger partial charge is 0.419 e. The van der Waals surface area contributed by atoms with E-state index in [0.29, 0.717) is 6.07 Å². The van der Waals surface area contributed by atoms with Crippen molar-refractivity contribution in [1.29, 1.82) is 0 Å². The van der Waals surface area contributed by atoms with E-state index in [1.165, 1.54) is 0 Å². The van der Waals surface area contributed by atoms with E-state index in [9.17, 15) is 22.4 Å². The Morgan fingerprint density at radius 3 is 2.75 bits per heavy atom. The van der Waals surface area contributed by atoms with Crippen LogP contribution in [0.5, 0.6) is 5.75 Å². The average Bonchev–Trinajstić information content (AvgIpc) is 2.36. The zero-order valence-electron chi connectivity index (χ0n) is 10.1. The molecular weight excluding hydrogens is 302 g/mol. The molecule has 0 fully saturated rings. The minimum atomic E-state index is -4.77. The lowest BCUT2D eigenvalue weighted by molar-refractivity contribution is -0.140. The fourth-order valence-electron chi connectivity index (χ4n) is 1.98. The zero-order chi connectivity index (χ0) is 14.9. The molecular formula is C12H10ClF4NO2. The van der Waals surface area contributed by atoms with Crippen LogP contribution >= 0.6 is 11.6 Å². The predicted molar refractivity (Wildman–Crippen MR) is 63.3 cm³/mol. The molecule has 0 aromatic heterocycles. The van der Waals surface area contributed by atoms with Crippen LogP contribution in [0.1, 0.15) is 11.1 Å². The van der Waals surface area contributed by atoms with Crippen LogP contribution in [0.25, 0.3) is 0 Å². The third kappa shape index (κ3) is 3.15. The molecule has 1 aliphatic rings. The molecule has 1 aliphatic heterocycles. The van der Waals surface area contributed by atoms with Crippen molar-refractivity contribution < 1.29 is 27.1 Å². The second kappa shape index (κ2) is 5.47. The van der Waals surface area contributed by atoms with E-state index >= 15 is 0 Å². The number of carbonyl (C=O) groups is 1. The summed E-state index contributed by atoms with van der Waals surface area (Å²) in [5, 5.41) is 2.53. The predicted octanol–water partition coefficient (Wildman–Crippen LogP) is 2.50. The maximum absolute atomic E-state index is 13.4. The van der Waals surface area contributed by atoms with Crippen LogP contribution in [0.15, 0.2) is 12.1 Å². The van der Waals surface area contributed by atoms with Crippen molar-refractivity contribution >= 4 is 17.5 Å². The van der Waals surface area contributed by atoms with Gasteiger partial charge in [0, 0.05) is 0 Å². The Morgan fingerprint density at radius 2 is 2.15 bits per heavy atom. The fourth-order valence-corrected chi connectivity index (χ4v) is 2.06. The first kappa shape index (κ1) is 14.9. The normalized spacial score (nSPS) is 18.1. The summed E-state index contributed by atoms with van der Waals surface area (Å²) in [6.45, 7) is 0.0125. The summed E-state index contributed by atoms with van der Waals surface area (Å²) in [4.78, 5) is 11.1. The van der Waals surface area contributed by atoms with Crippen LogP contribution in [0.4, 0.5) is 17.6 Å². The molecule has 2 rings (SSSR count). The number of halogens is 5. The lowest BCUT2D eigenvalue weighted by Crippen LogP contribution is -2.43. The zero-order valence-corrected chi connectivity index (χ0v) is 10.8. The summed E-state index contributed by atoms with van der Waals surface area (Å²) >= 11 is 5.33. The molecule has 1 unspecified atom stereocenters. The standard InChI is InChI=1S/C12H10ClF4NO2/c13-4-11(19)18-7-1-6-2-9(14)8(12(15,16)17)3-10(6)20-5-7/h2-3,7H,1,4-5H2,(H,18,19). The van der Waals surface area contributed by atoms with Crippen molar-refractivity contribution in [3.8, 4) is 5.75 Å². The highest BCUT2D eigenvalue weighted by Crippen LogP contribution is 2.36. The summed E-state index contributed by atoms with van der Waals surface area (Å²) in [7, 11) is 0. The topological polar surface area (TPSA) is 38.3 Å². The molecule has 1 N–H and O–H groups in total. The summed E-state index contributed by atoms with van der Waals surface area (Å²) < 4.78 is 56.2. The molecule has 110 valence electrons. The Hall–Kier alpha value is -1.50. The van der Waals surface area contributed by atoms with Crippen LogP contribution in [0, 0.1) is 5.82 Å². The number of benzene rings is 1. The van der Waals surface area contributed by atoms with Crippen LogP contribution in [-0.2, 0) is 17.4 Å². The number of ether oxygens (including phenoxy) is 1. The van der Waals surface area contributed by atoms with Gasteiger partial charge in [0.05, 0.1) is 11.6 Å². The van der Waals surface area contributed by atoms with E-state index < -0.39 is 29.5 Å². The van der Waals surface area contributed by atoms with E-state index in [-0.39, 0.29) is 30.2 Å². The Kier molecular flexibility index (Phi) is 4.08. The van der Waals surface area contributed by atoms with Crippen molar-refractivity contribution in [1.82, 2.24) is 5.32 Å². The van der Waals surface area contributed by atoms with Crippen molar-refractivity contribution in [3.05, 3.63) is 29.1 Å². The van der Waals surface area contributed by atoms with Gasteiger partial charge in [-0.1, -0.05) is 0 Å². The Labute approximate surface area is 116 Å². The van der Waals surface area contributed by atoms with Gasteiger partial charge in [-0.2, -0.15) is 13.2 Å². The molecule has 0 aliphatic carbocycles. The maximum Gasteiger partial charge on any atom is 0.419 e. The molecule has 1 aromatic carbocycles. The molecule has 20 heavy (non-hydrogen) atoms. The lowest BCUT2D eigenvalue weighted by Gasteiger charge is -2.26. The van der Waals surface area contributed by atoms with Crippen molar-refractivity contribution in [2.24, 2.45) is 0 Å². The number of alkyl halides is 4. The second-order valence-electron chi connectivity index (χ2n) is 4.35. The molecule has 0 spiro atoms. The first-order valence-corrected chi connectivity index (χ1v) is 6.22. The van der Waals surface area contributed by atoms with Crippen molar-refractivity contribution in [2.45, 2.75) is 18.6 Å². The first-order valence-electron chi connectivity index (χ1n) is 5.69. The van der Waals surface area contributed by atoms with Gasteiger partial charge in [0.25, 0.3) is 0 Å². The number of nitrogens with one attached hydrogen (secondary N) is 1. The van der Waals surface area contributed by atoms with Gasteiger partial charge >= 0.3 is 6.18 Å². The quantitative estimate of drug-likeness (QED) is 0.673. The Bertz CT molecular complexity index is 533. The van der Waals surface area contributed by atoms with Gasteiger partial charge in [0.2, 0.25) is 5.91 Å². The number of fused-ring (bicyclic) bond motifs is 1. The maximum atomic E-state index is 13.4. The third-order valence-electron chi connectivity index (χ3n) is 2.85. The average molecular weight is 312 g/mol. The minimum absolute atomic E-state index is 0.0125. The van der Waals surface area contributed by atoms with E-state index in [4.69, 9.17) is 16.3 Å². The molecule has 1 atom stereocenters. The SMILES string of the molecule is O=C(CCl)NC1COc2cc(C(F)(F)F)c(F)cc2C1. The van der Waals surface area contributed by atoms with Crippen LogP contribution < -0.4 is 10.1 Å². The van der Waals surface area contributed by atoms with Gasteiger partial charge in [-0.15, -0.1) is 11.6 Å². The van der Waals surface area contributed by atoms with Gasteiger partial charge in [0.15, 0.2) is 0 Å². The molecule has 0 bridgehead atoms. The van der Waals surface area contributed by atoms with Gasteiger partial charge in [0.1, 0.15) is 24.1 Å². The largest absolute Gasteiger partial charge is 0.491 e. The minimum Gasteiger partial charge on any atom is -0.491 e. The van der Waals surface area contributed by atoms with E-state index in [2.05, 4.69) is 5.32 Å². The molecule has 0 radical (unpaired) electrons. The molecule has 0 saturated heterocycles. The van der Waals surface area contributed by atoms with E-state index in [1.807, 2.05) is 0 Å². The molecule has 8 heteroatoms. The highest BCUT2D eigenvalue weighted by molar-refractivity contribution is 6.27. The van der Waals surface area contributed by atoms with Crippen molar-refractivity contribution in [2.75, 3.05) is 12.5 Å². The molecule has 3 nitrogen and oxygen atoms in total. The number of hydrogen-bond donors (Lipinski definition) is 1. The van der Waals surface area contributed by atoms with Crippen LogP contribution in [0.2, 0.25) is 0 Å². The fraction of sp³-hybridized carbons (Fsp3) is 0.417. The summed E-state index contributed by atoms with van der Waals surface area (Å²) in [5.41, 5.74) is -1.08.